The van der Waals surface area contributed by atoms with Crippen LogP contribution in [0.3, 0.4) is 0 Å². The zero-order valence-corrected chi connectivity index (χ0v) is 14.2. The van der Waals surface area contributed by atoms with E-state index in [-0.39, 0.29) is 12.6 Å². The van der Waals surface area contributed by atoms with Gasteiger partial charge in [0.15, 0.2) is 0 Å². The second-order valence-corrected chi connectivity index (χ2v) is 5.77. The fourth-order valence-corrected chi connectivity index (χ4v) is 2.54. The Labute approximate surface area is 148 Å². The lowest BCUT2D eigenvalue weighted by Gasteiger charge is -2.19. The van der Waals surface area contributed by atoms with Crippen LogP contribution in [0.15, 0.2) is 60.7 Å². The average Bonchev–Trinajstić information content (AvgIpc) is 2.67. The topological polar surface area (TPSA) is 78.4 Å². The zero-order chi connectivity index (χ0) is 17.9. The summed E-state index contributed by atoms with van der Waals surface area (Å²) in [5.74, 6) is -1.29. The van der Waals surface area contributed by atoms with Crippen molar-refractivity contribution < 1.29 is 14.7 Å². The van der Waals surface area contributed by atoms with Crippen LogP contribution in [0.5, 0.6) is 0 Å². The summed E-state index contributed by atoms with van der Waals surface area (Å²) in [6.45, 7) is 0.567. The van der Waals surface area contributed by atoms with Crippen molar-refractivity contribution in [1.82, 2.24) is 10.6 Å². The monoisotopic (exact) mass is 340 g/mol. The minimum absolute atomic E-state index is 0.143. The number of amides is 2. The Morgan fingerprint density at radius 1 is 0.800 bits per heavy atom. The first-order valence-electron chi connectivity index (χ1n) is 8.52. The molecule has 0 spiro atoms. The predicted molar refractivity (Wildman–Crippen MR) is 96.8 cm³/mol. The molecular formula is C20H24N2O3. The van der Waals surface area contributed by atoms with Gasteiger partial charge in [-0.2, -0.15) is 0 Å². The molecule has 132 valence electrons. The summed E-state index contributed by atoms with van der Waals surface area (Å²) in [4.78, 5) is 24.3. The van der Waals surface area contributed by atoms with Gasteiger partial charge in [-0.05, 0) is 30.4 Å². The number of carbonyl (C=O) groups is 2. The minimum Gasteiger partial charge on any atom is -0.396 e. The van der Waals surface area contributed by atoms with Gasteiger partial charge in [0.25, 0.3) is 0 Å². The Balaban J connectivity index is 1.99. The van der Waals surface area contributed by atoms with Crippen LogP contribution in [0.2, 0.25) is 0 Å². The standard InChI is InChI=1S/C20H24N2O3/c23-15-9-3-8-14-21-19(24)20(25)22-18(16-10-4-1-5-11-16)17-12-6-2-7-13-17/h1-2,4-7,10-13,18,23H,3,8-9,14-15H2,(H,21,24)(H,22,25). The smallest absolute Gasteiger partial charge is 0.310 e. The van der Waals surface area contributed by atoms with E-state index in [1.807, 2.05) is 60.7 Å². The van der Waals surface area contributed by atoms with Crippen LogP contribution in [0.4, 0.5) is 0 Å². The van der Waals surface area contributed by atoms with Crippen LogP contribution in [0.1, 0.15) is 36.4 Å². The van der Waals surface area contributed by atoms with Crippen molar-refractivity contribution in [3.8, 4) is 0 Å². The second kappa shape index (κ2) is 10.3. The minimum atomic E-state index is -0.653. The number of carbonyl (C=O) groups excluding carboxylic acids is 2. The molecular weight excluding hydrogens is 316 g/mol. The van der Waals surface area contributed by atoms with Gasteiger partial charge in [0.05, 0.1) is 6.04 Å². The summed E-state index contributed by atoms with van der Waals surface area (Å²) in [5.41, 5.74) is 1.83. The summed E-state index contributed by atoms with van der Waals surface area (Å²) < 4.78 is 0. The Bertz CT molecular complexity index is 620. The fourth-order valence-electron chi connectivity index (χ4n) is 2.54. The van der Waals surface area contributed by atoms with E-state index >= 15 is 0 Å². The second-order valence-electron chi connectivity index (χ2n) is 5.77. The SMILES string of the molecule is O=C(NCCCCCO)C(=O)NC(c1ccccc1)c1ccccc1. The molecule has 0 saturated heterocycles. The average molecular weight is 340 g/mol. The lowest BCUT2D eigenvalue weighted by Crippen LogP contribution is -2.42. The maximum absolute atomic E-state index is 12.3. The third kappa shape index (κ3) is 6.04. The molecule has 2 rings (SSSR count). The highest BCUT2D eigenvalue weighted by Gasteiger charge is 2.20. The van der Waals surface area contributed by atoms with E-state index < -0.39 is 11.8 Å². The number of hydrogen-bond donors (Lipinski definition) is 3. The summed E-state index contributed by atoms with van der Waals surface area (Å²) in [6, 6.07) is 18.7. The maximum Gasteiger partial charge on any atom is 0.310 e. The Hall–Kier alpha value is -2.66. The van der Waals surface area contributed by atoms with E-state index in [0.717, 1.165) is 24.0 Å². The lowest BCUT2D eigenvalue weighted by molar-refractivity contribution is -0.139. The number of hydrogen-bond acceptors (Lipinski definition) is 3. The highest BCUT2D eigenvalue weighted by Crippen LogP contribution is 2.21. The summed E-state index contributed by atoms with van der Waals surface area (Å²) in [6.07, 6.45) is 2.25. The molecule has 2 aromatic carbocycles. The van der Waals surface area contributed by atoms with Crippen molar-refractivity contribution in [1.29, 1.82) is 0 Å². The number of nitrogens with one attached hydrogen (secondary N) is 2. The van der Waals surface area contributed by atoms with Crippen molar-refractivity contribution in [2.45, 2.75) is 25.3 Å². The molecule has 0 atom stereocenters. The number of aliphatic hydroxyl groups is 1. The molecule has 2 aromatic rings. The summed E-state index contributed by atoms with van der Waals surface area (Å²) in [5, 5.41) is 14.2. The van der Waals surface area contributed by atoms with E-state index in [9.17, 15) is 9.59 Å². The molecule has 0 radical (unpaired) electrons. The fraction of sp³-hybridized carbons (Fsp3) is 0.300. The molecule has 2 amide bonds. The van der Waals surface area contributed by atoms with Gasteiger partial charge in [-0.3, -0.25) is 9.59 Å². The van der Waals surface area contributed by atoms with E-state index in [1.165, 1.54) is 0 Å². The van der Waals surface area contributed by atoms with Gasteiger partial charge >= 0.3 is 11.8 Å². The van der Waals surface area contributed by atoms with Crippen LogP contribution in [-0.2, 0) is 9.59 Å². The van der Waals surface area contributed by atoms with Gasteiger partial charge in [0.2, 0.25) is 0 Å². The molecule has 0 aliphatic heterocycles. The largest absolute Gasteiger partial charge is 0.396 e. The van der Waals surface area contributed by atoms with E-state index in [2.05, 4.69) is 10.6 Å². The quantitative estimate of drug-likeness (QED) is 0.509. The van der Waals surface area contributed by atoms with E-state index in [0.29, 0.717) is 13.0 Å². The highest BCUT2D eigenvalue weighted by atomic mass is 16.3. The number of rotatable bonds is 8. The van der Waals surface area contributed by atoms with Gasteiger partial charge in [-0.1, -0.05) is 60.7 Å². The van der Waals surface area contributed by atoms with Crippen LogP contribution in [0.25, 0.3) is 0 Å². The molecule has 0 aromatic heterocycles. The molecule has 0 aliphatic rings. The summed E-state index contributed by atoms with van der Waals surface area (Å²) >= 11 is 0. The Morgan fingerprint density at radius 3 is 1.88 bits per heavy atom. The molecule has 25 heavy (non-hydrogen) atoms. The number of benzene rings is 2. The first-order chi connectivity index (χ1) is 12.2. The van der Waals surface area contributed by atoms with Gasteiger partial charge in [-0.15, -0.1) is 0 Å². The molecule has 0 bridgehead atoms. The Morgan fingerprint density at radius 2 is 1.36 bits per heavy atom. The number of unbranched alkanes of at least 4 members (excludes halogenated alkanes) is 2. The highest BCUT2D eigenvalue weighted by molar-refractivity contribution is 6.35. The third-order valence-electron chi connectivity index (χ3n) is 3.87. The molecule has 5 heteroatoms. The molecule has 3 N–H and O–H groups in total. The van der Waals surface area contributed by atoms with Crippen LogP contribution >= 0.6 is 0 Å². The molecule has 0 unspecified atom stereocenters. The van der Waals surface area contributed by atoms with Crippen molar-refractivity contribution in [3.63, 3.8) is 0 Å². The van der Waals surface area contributed by atoms with E-state index in [4.69, 9.17) is 5.11 Å². The van der Waals surface area contributed by atoms with Crippen molar-refractivity contribution in [3.05, 3.63) is 71.8 Å². The van der Waals surface area contributed by atoms with E-state index in [1.54, 1.807) is 0 Å². The molecule has 5 nitrogen and oxygen atoms in total. The first-order valence-corrected chi connectivity index (χ1v) is 8.52. The summed E-state index contributed by atoms with van der Waals surface area (Å²) in [7, 11) is 0. The van der Waals surface area contributed by atoms with Crippen molar-refractivity contribution >= 4 is 11.8 Å². The zero-order valence-electron chi connectivity index (χ0n) is 14.2. The van der Waals surface area contributed by atoms with Gasteiger partial charge in [0.1, 0.15) is 0 Å². The lowest BCUT2D eigenvalue weighted by atomic mass is 9.99. The van der Waals surface area contributed by atoms with Gasteiger partial charge in [0, 0.05) is 13.2 Å². The first kappa shape index (κ1) is 18.7. The van der Waals surface area contributed by atoms with Crippen LogP contribution in [-0.4, -0.2) is 30.1 Å². The van der Waals surface area contributed by atoms with Gasteiger partial charge in [-0.25, -0.2) is 0 Å². The Kier molecular flexibility index (Phi) is 7.66. The predicted octanol–water partition coefficient (Wildman–Crippen LogP) is 2.17. The number of aliphatic hydroxyl groups excluding tert-OH is 1. The van der Waals surface area contributed by atoms with Crippen molar-refractivity contribution in [2.75, 3.05) is 13.2 Å². The van der Waals surface area contributed by atoms with Crippen LogP contribution in [0, 0.1) is 0 Å². The maximum atomic E-state index is 12.3. The molecule has 0 heterocycles. The van der Waals surface area contributed by atoms with Gasteiger partial charge < -0.3 is 15.7 Å². The third-order valence-corrected chi connectivity index (χ3v) is 3.87. The normalized spacial score (nSPS) is 10.5. The molecule has 0 saturated carbocycles. The molecule has 0 aliphatic carbocycles. The van der Waals surface area contributed by atoms with Crippen LogP contribution < -0.4 is 10.6 Å². The van der Waals surface area contributed by atoms with Crippen molar-refractivity contribution in [2.24, 2.45) is 0 Å². The molecule has 0 fully saturated rings.